The lowest BCUT2D eigenvalue weighted by Gasteiger charge is -2.16. The normalized spacial score (nSPS) is 13.2. The molecule has 0 spiro atoms. The molecule has 0 unspecified atom stereocenters. The van der Waals surface area contributed by atoms with Crippen LogP contribution >= 0.6 is 11.6 Å². The number of hydrogen-bond acceptors (Lipinski definition) is 3. The van der Waals surface area contributed by atoms with Crippen molar-refractivity contribution in [3.8, 4) is 0 Å². The Bertz CT molecular complexity index is 505. The molecule has 0 saturated carbocycles. The van der Waals surface area contributed by atoms with E-state index in [0.717, 1.165) is 0 Å². The van der Waals surface area contributed by atoms with Crippen molar-refractivity contribution in [2.75, 3.05) is 6.61 Å². The van der Waals surface area contributed by atoms with Crippen LogP contribution in [0.1, 0.15) is 30.5 Å². The number of halogens is 5. The second kappa shape index (κ2) is 6.41. The van der Waals surface area contributed by atoms with Gasteiger partial charge in [0.2, 0.25) is 0 Å². The lowest BCUT2D eigenvalue weighted by molar-refractivity contribution is -0.143. The van der Waals surface area contributed by atoms with Crippen LogP contribution in [0, 0.1) is 5.82 Å². The average molecular weight is 314 g/mol. The Hall–Kier alpha value is -1.34. The molecular formula is C12H12ClF4NO2. The summed E-state index contributed by atoms with van der Waals surface area (Å²) in [7, 11) is 0. The number of esters is 1. The highest BCUT2D eigenvalue weighted by Gasteiger charge is 2.33. The van der Waals surface area contributed by atoms with E-state index in [4.69, 9.17) is 17.3 Å². The van der Waals surface area contributed by atoms with Gasteiger partial charge in [-0.15, -0.1) is 0 Å². The highest BCUT2D eigenvalue weighted by Crippen LogP contribution is 2.35. The van der Waals surface area contributed by atoms with Crippen LogP contribution in [0.2, 0.25) is 5.02 Å². The molecule has 1 rings (SSSR count). The number of hydrogen-bond donors (Lipinski definition) is 1. The van der Waals surface area contributed by atoms with Crippen molar-refractivity contribution < 1.29 is 27.1 Å². The fourth-order valence-electron chi connectivity index (χ4n) is 1.55. The molecular weight excluding hydrogens is 302 g/mol. The molecule has 0 aromatic heterocycles. The molecule has 20 heavy (non-hydrogen) atoms. The Morgan fingerprint density at radius 1 is 1.45 bits per heavy atom. The second-order valence-corrected chi connectivity index (χ2v) is 4.38. The molecule has 0 bridgehead atoms. The van der Waals surface area contributed by atoms with E-state index < -0.39 is 46.6 Å². The van der Waals surface area contributed by atoms with Gasteiger partial charge >= 0.3 is 12.1 Å². The van der Waals surface area contributed by atoms with E-state index in [1.807, 2.05) is 0 Å². The number of benzene rings is 1. The van der Waals surface area contributed by atoms with E-state index in [1.165, 1.54) is 0 Å². The molecule has 1 atom stereocenters. The van der Waals surface area contributed by atoms with Gasteiger partial charge in [0.05, 0.1) is 23.6 Å². The van der Waals surface area contributed by atoms with Crippen LogP contribution in [-0.2, 0) is 15.7 Å². The number of carbonyl (C=O) groups excluding carboxylic acids is 1. The zero-order chi connectivity index (χ0) is 15.5. The van der Waals surface area contributed by atoms with Gasteiger partial charge in [0, 0.05) is 11.6 Å². The first-order valence-corrected chi connectivity index (χ1v) is 6.02. The first-order chi connectivity index (χ1) is 9.16. The smallest absolute Gasteiger partial charge is 0.416 e. The molecule has 1 aromatic carbocycles. The van der Waals surface area contributed by atoms with Crippen LogP contribution in [0.4, 0.5) is 17.6 Å². The number of rotatable bonds is 4. The van der Waals surface area contributed by atoms with Crippen LogP contribution in [0.15, 0.2) is 12.1 Å². The second-order valence-electron chi connectivity index (χ2n) is 3.97. The summed E-state index contributed by atoms with van der Waals surface area (Å²) in [6.45, 7) is 1.66. The molecule has 2 N–H and O–H groups in total. The summed E-state index contributed by atoms with van der Waals surface area (Å²) in [5.41, 5.74) is 3.94. The van der Waals surface area contributed by atoms with Gasteiger partial charge in [-0.3, -0.25) is 4.79 Å². The molecule has 0 aliphatic rings. The largest absolute Gasteiger partial charge is 0.466 e. The Balaban J connectivity index is 3.10. The molecule has 0 amide bonds. The highest BCUT2D eigenvalue weighted by atomic mass is 35.5. The van der Waals surface area contributed by atoms with Gasteiger partial charge < -0.3 is 10.5 Å². The Morgan fingerprint density at radius 3 is 2.55 bits per heavy atom. The van der Waals surface area contributed by atoms with E-state index in [0.29, 0.717) is 12.1 Å². The van der Waals surface area contributed by atoms with Crippen molar-refractivity contribution in [2.24, 2.45) is 5.73 Å². The summed E-state index contributed by atoms with van der Waals surface area (Å²) in [4.78, 5) is 11.2. The SMILES string of the molecule is CCOC(=O)C[C@@H](N)c1cc(C(F)(F)F)cc(Cl)c1F. The van der Waals surface area contributed by atoms with Crippen LogP contribution < -0.4 is 5.73 Å². The van der Waals surface area contributed by atoms with Gasteiger partial charge in [-0.2, -0.15) is 13.2 Å². The van der Waals surface area contributed by atoms with Gasteiger partial charge in [-0.05, 0) is 19.1 Å². The van der Waals surface area contributed by atoms with Gasteiger partial charge in [0.25, 0.3) is 0 Å². The molecule has 0 saturated heterocycles. The first-order valence-electron chi connectivity index (χ1n) is 5.64. The first kappa shape index (κ1) is 16.7. The Labute approximate surface area is 117 Å². The molecule has 1 aromatic rings. The number of carbonyl (C=O) groups is 1. The quantitative estimate of drug-likeness (QED) is 0.684. The minimum absolute atomic E-state index is 0.0946. The average Bonchev–Trinajstić information content (AvgIpc) is 2.31. The van der Waals surface area contributed by atoms with Crippen LogP contribution in [-0.4, -0.2) is 12.6 Å². The number of nitrogens with two attached hydrogens (primary N) is 1. The predicted molar refractivity (Wildman–Crippen MR) is 64.6 cm³/mol. The van der Waals surface area contributed by atoms with Crippen LogP contribution in [0.5, 0.6) is 0 Å². The topological polar surface area (TPSA) is 52.3 Å². The summed E-state index contributed by atoms with van der Waals surface area (Å²) >= 11 is 5.42. The third-order valence-electron chi connectivity index (χ3n) is 2.48. The highest BCUT2D eigenvalue weighted by molar-refractivity contribution is 6.30. The molecule has 8 heteroatoms. The standard InChI is InChI=1S/C12H12ClF4NO2/c1-2-20-10(19)5-9(18)7-3-6(12(15,16)17)4-8(13)11(7)14/h3-4,9H,2,5,18H2,1H3/t9-/m1/s1. The number of ether oxygens (including phenoxy) is 1. The van der Waals surface area contributed by atoms with Crippen LogP contribution in [0.3, 0.4) is 0 Å². The molecule has 0 fully saturated rings. The van der Waals surface area contributed by atoms with E-state index >= 15 is 0 Å². The van der Waals surface area contributed by atoms with Crippen molar-refractivity contribution >= 4 is 17.6 Å². The Morgan fingerprint density at radius 2 is 2.05 bits per heavy atom. The maximum atomic E-state index is 13.7. The molecule has 3 nitrogen and oxygen atoms in total. The van der Waals surface area contributed by atoms with Crippen molar-refractivity contribution in [3.63, 3.8) is 0 Å². The van der Waals surface area contributed by atoms with Crippen molar-refractivity contribution in [2.45, 2.75) is 25.6 Å². The lowest BCUT2D eigenvalue weighted by Crippen LogP contribution is -2.19. The maximum absolute atomic E-state index is 13.7. The minimum atomic E-state index is -4.68. The minimum Gasteiger partial charge on any atom is -0.466 e. The number of alkyl halides is 3. The zero-order valence-corrected chi connectivity index (χ0v) is 11.2. The van der Waals surface area contributed by atoms with Gasteiger partial charge in [0.15, 0.2) is 0 Å². The Kier molecular flexibility index (Phi) is 5.35. The van der Waals surface area contributed by atoms with Gasteiger partial charge in [-0.1, -0.05) is 11.6 Å². The van der Waals surface area contributed by atoms with E-state index in [2.05, 4.69) is 4.74 Å². The summed E-state index contributed by atoms with van der Waals surface area (Å²) in [5.74, 6) is -1.80. The summed E-state index contributed by atoms with van der Waals surface area (Å²) in [6, 6.07) is -0.253. The summed E-state index contributed by atoms with van der Waals surface area (Å²) in [5, 5.41) is -0.700. The monoisotopic (exact) mass is 313 g/mol. The van der Waals surface area contributed by atoms with E-state index in [9.17, 15) is 22.4 Å². The van der Waals surface area contributed by atoms with Crippen molar-refractivity contribution in [1.82, 2.24) is 0 Å². The van der Waals surface area contributed by atoms with Crippen molar-refractivity contribution in [1.29, 1.82) is 0 Å². The molecule has 0 aliphatic carbocycles. The molecule has 0 aliphatic heterocycles. The molecule has 0 radical (unpaired) electrons. The molecule has 0 heterocycles. The van der Waals surface area contributed by atoms with Crippen LogP contribution in [0.25, 0.3) is 0 Å². The third-order valence-corrected chi connectivity index (χ3v) is 2.75. The fraction of sp³-hybridized carbons (Fsp3) is 0.417. The maximum Gasteiger partial charge on any atom is 0.416 e. The predicted octanol–water partition coefficient (Wildman–Crippen LogP) is 3.45. The fourth-order valence-corrected chi connectivity index (χ4v) is 1.78. The third kappa shape index (κ3) is 4.08. The lowest BCUT2D eigenvalue weighted by atomic mass is 10.0. The summed E-state index contributed by atoms with van der Waals surface area (Å²) < 4.78 is 56.2. The van der Waals surface area contributed by atoms with Gasteiger partial charge in [0.1, 0.15) is 5.82 Å². The van der Waals surface area contributed by atoms with Gasteiger partial charge in [-0.25, -0.2) is 4.39 Å². The van der Waals surface area contributed by atoms with Crippen molar-refractivity contribution in [3.05, 3.63) is 34.1 Å². The molecule has 112 valence electrons. The zero-order valence-electron chi connectivity index (χ0n) is 10.4. The van der Waals surface area contributed by atoms with E-state index in [1.54, 1.807) is 6.92 Å². The summed E-state index contributed by atoms with van der Waals surface area (Å²) in [6.07, 6.45) is -5.13. The van der Waals surface area contributed by atoms with E-state index in [-0.39, 0.29) is 6.61 Å².